The van der Waals surface area contributed by atoms with E-state index in [2.05, 4.69) is 45.5 Å². The molecule has 4 N–H and O–H groups in total. The number of aromatic nitrogens is 1. The molecule has 0 saturated carbocycles. The second kappa shape index (κ2) is 10.2. The molecular formula is C28H28N4O4. The van der Waals surface area contributed by atoms with Gasteiger partial charge in [-0.25, -0.2) is 5.48 Å². The number of methoxy groups -OCH3 is 1. The van der Waals surface area contributed by atoms with E-state index in [0.29, 0.717) is 12.1 Å². The van der Waals surface area contributed by atoms with Gasteiger partial charge in [0.15, 0.2) is 0 Å². The van der Waals surface area contributed by atoms with Crippen LogP contribution in [0.15, 0.2) is 72.8 Å². The normalized spacial score (nSPS) is 15.3. The zero-order valence-corrected chi connectivity index (χ0v) is 20.0. The summed E-state index contributed by atoms with van der Waals surface area (Å²) < 4.78 is 5.35. The van der Waals surface area contributed by atoms with Crippen molar-refractivity contribution in [2.75, 3.05) is 20.2 Å². The second-order valence-electron chi connectivity index (χ2n) is 8.87. The summed E-state index contributed by atoms with van der Waals surface area (Å²) in [6.45, 7) is 1.35. The number of hydroxylamine groups is 1. The highest BCUT2D eigenvalue weighted by atomic mass is 16.5. The van der Waals surface area contributed by atoms with E-state index in [-0.39, 0.29) is 18.5 Å². The molecule has 0 radical (unpaired) electrons. The van der Waals surface area contributed by atoms with Crippen LogP contribution in [0.3, 0.4) is 0 Å². The third-order valence-electron chi connectivity index (χ3n) is 6.72. The van der Waals surface area contributed by atoms with Crippen molar-refractivity contribution < 1.29 is 19.5 Å². The topological polar surface area (TPSA) is 107 Å². The Morgan fingerprint density at radius 3 is 2.53 bits per heavy atom. The van der Waals surface area contributed by atoms with E-state index < -0.39 is 5.91 Å². The van der Waals surface area contributed by atoms with Crippen molar-refractivity contribution in [3.05, 3.63) is 101 Å². The van der Waals surface area contributed by atoms with Gasteiger partial charge in [-0.15, -0.1) is 0 Å². The van der Waals surface area contributed by atoms with Gasteiger partial charge in [0.05, 0.1) is 19.7 Å². The van der Waals surface area contributed by atoms with Crippen LogP contribution >= 0.6 is 0 Å². The van der Waals surface area contributed by atoms with Crippen molar-refractivity contribution in [3.63, 3.8) is 0 Å². The lowest BCUT2D eigenvalue weighted by Gasteiger charge is -2.35. The van der Waals surface area contributed by atoms with E-state index in [1.54, 1.807) is 36.9 Å². The molecule has 8 nitrogen and oxygen atoms in total. The maximum absolute atomic E-state index is 13.0. The smallest absolute Gasteiger partial charge is 0.274 e. The third-order valence-corrected chi connectivity index (χ3v) is 6.72. The molecule has 2 heterocycles. The molecule has 2 amide bonds. The maximum Gasteiger partial charge on any atom is 0.274 e. The Labute approximate surface area is 208 Å². The highest BCUT2D eigenvalue weighted by Crippen LogP contribution is 2.38. The first-order valence-electron chi connectivity index (χ1n) is 11.8. The summed E-state index contributed by atoms with van der Waals surface area (Å²) in [5, 5.41) is 13.0. The monoisotopic (exact) mass is 484 g/mol. The molecule has 36 heavy (non-hydrogen) atoms. The van der Waals surface area contributed by atoms with Crippen molar-refractivity contribution >= 4 is 22.7 Å². The Bertz CT molecular complexity index is 1380. The average Bonchev–Trinajstić information content (AvgIpc) is 3.30. The molecule has 1 aliphatic heterocycles. The summed E-state index contributed by atoms with van der Waals surface area (Å²) in [6.07, 6.45) is 0.855. The van der Waals surface area contributed by atoms with Gasteiger partial charge in [0.1, 0.15) is 5.75 Å². The number of ether oxygens (including phenoxy) is 1. The molecule has 3 aromatic carbocycles. The van der Waals surface area contributed by atoms with Gasteiger partial charge in [0, 0.05) is 35.2 Å². The van der Waals surface area contributed by atoms with Gasteiger partial charge in [-0.3, -0.25) is 19.7 Å². The lowest BCUT2D eigenvalue weighted by atomic mass is 9.92. The minimum Gasteiger partial charge on any atom is -0.497 e. The standard InChI is InChI=1S/C28H28N4O4/c1-36-21-12-10-19(11-13-21)27-26-23(22-4-2-3-5-24(22)30-26)14-15-32(27)17-25(33)29-16-18-6-8-20(9-7-18)28(34)31-35/h2-13,27,30,35H,14-17H2,1H3,(H,29,33)(H,31,34). The predicted octanol–water partition coefficient (Wildman–Crippen LogP) is 3.56. The van der Waals surface area contributed by atoms with Crippen LogP contribution < -0.4 is 15.5 Å². The molecule has 0 spiro atoms. The lowest BCUT2D eigenvalue weighted by Crippen LogP contribution is -2.43. The molecule has 1 atom stereocenters. The Balaban J connectivity index is 1.35. The van der Waals surface area contributed by atoms with Gasteiger partial charge in [-0.05, 0) is 53.4 Å². The van der Waals surface area contributed by atoms with Crippen molar-refractivity contribution in [3.8, 4) is 5.75 Å². The average molecular weight is 485 g/mol. The molecule has 1 unspecified atom stereocenters. The number of H-pyrrole nitrogens is 1. The maximum atomic E-state index is 13.0. The van der Waals surface area contributed by atoms with Gasteiger partial charge >= 0.3 is 0 Å². The van der Waals surface area contributed by atoms with Gasteiger partial charge in [-0.2, -0.15) is 0 Å². The Kier molecular flexibility index (Phi) is 6.71. The van der Waals surface area contributed by atoms with Crippen LogP contribution in [0, 0.1) is 0 Å². The SMILES string of the molecule is COc1ccc(C2c3[nH]c4ccccc4c3CCN2CC(=O)NCc2ccc(C(=O)NO)cc2)cc1. The Morgan fingerprint density at radius 2 is 1.81 bits per heavy atom. The molecule has 0 aliphatic carbocycles. The van der Waals surface area contributed by atoms with Crippen LogP contribution in [0.2, 0.25) is 0 Å². The van der Waals surface area contributed by atoms with Crippen LogP contribution in [-0.4, -0.2) is 47.1 Å². The molecule has 1 aliphatic rings. The number of rotatable bonds is 7. The van der Waals surface area contributed by atoms with E-state index in [9.17, 15) is 9.59 Å². The molecule has 0 fully saturated rings. The number of hydrogen-bond donors (Lipinski definition) is 4. The van der Waals surface area contributed by atoms with Crippen molar-refractivity contribution in [1.82, 2.24) is 20.7 Å². The van der Waals surface area contributed by atoms with Crippen LogP contribution in [0.5, 0.6) is 5.75 Å². The second-order valence-corrected chi connectivity index (χ2v) is 8.87. The van der Waals surface area contributed by atoms with E-state index in [0.717, 1.165) is 41.1 Å². The quantitative estimate of drug-likeness (QED) is 0.237. The predicted molar refractivity (Wildman–Crippen MR) is 136 cm³/mol. The highest BCUT2D eigenvalue weighted by molar-refractivity contribution is 5.93. The fourth-order valence-corrected chi connectivity index (χ4v) is 4.90. The molecule has 1 aromatic heterocycles. The van der Waals surface area contributed by atoms with Crippen LogP contribution in [0.25, 0.3) is 10.9 Å². The van der Waals surface area contributed by atoms with Crippen LogP contribution in [0.4, 0.5) is 0 Å². The van der Waals surface area contributed by atoms with Crippen LogP contribution in [-0.2, 0) is 17.8 Å². The Hall–Kier alpha value is -4.14. The third kappa shape index (κ3) is 4.68. The number of nitrogens with zero attached hydrogens (tertiary/aromatic N) is 1. The van der Waals surface area contributed by atoms with Crippen molar-refractivity contribution in [1.29, 1.82) is 0 Å². The fraction of sp³-hybridized carbons (Fsp3) is 0.214. The van der Waals surface area contributed by atoms with Crippen molar-refractivity contribution in [2.45, 2.75) is 19.0 Å². The number of carbonyl (C=O) groups excluding carboxylic acids is 2. The van der Waals surface area contributed by atoms with Crippen molar-refractivity contribution in [2.24, 2.45) is 0 Å². The van der Waals surface area contributed by atoms with Gasteiger partial charge < -0.3 is 15.0 Å². The first-order chi connectivity index (χ1) is 17.6. The zero-order valence-electron chi connectivity index (χ0n) is 20.0. The molecule has 0 bridgehead atoms. The molecule has 8 heteroatoms. The number of fused-ring (bicyclic) bond motifs is 3. The molecule has 184 valence electrons. The minimum absolute atomic E-state index is 0.0785. The number of amides is 2. The van der Waals surface area contributed by atoms with E-state index in [4.69, 9.17) is 9.94 Å². The summed E-state index contributed by atoms with van der Waals surface area (Å²) in [6, 6.07) is 23.0. The van der Waals surface area contributed by atoms with E-state index >= 15 is 0 Å². The first kappa shape index (κ1) is 23.6. The zero-order chi connectivity index (χ0) is 25.1. The number of carbonyl (C=O) groups is 2. The minimum atomic E-state index is -0.573. The number of nitrogens with one attached hydrogen (secondary N) is 3. The summed E-state index contributed by atoms with van der Waals surface area (Å²) in [7, 11) is 1.65. The largest absolute Gasteiger partial charge is 0.497 e. The summed E-state index contributed by atoms with van der Waals surface area (Å²) >= 11 is 0. The molecule has 4 aromatic rings. The Morgan fingerprint density at radius 1 is 1.06 bits per heavy atom. The van der Waals surface area contributed by atoms with E-state index in [1.807, 2.05) is 18.2 Å². The van der Waals surface area contributed by atoms with Gasteiger partial charge in [0.2, 0.25) is 5.91 Å². The van der Waals surface area contributed by atoms with Gasteiger partial charge in [-0.1, -0.05) is 42.5 Å². The number of hydrogen-bond acceptors (Lipinski definition) is 5. The molecule has 5 rings (SSSR count). The summed E-state index contributed by atoms with van der Waals surface area (Å²) in [4.78, 5) is 30.3. The number of aromatic amines is 1. The molecular weight excluding hydrogens is 456 g/mol. The molecule has 0 saturated heterocycles. The van der Waals surface area contributed by atoms with Gasteiger partial charge in [0.25, 0.3) is 5.91 Å². The van der Waals surface area contributed by atoms with E-state index in [1.165, 1.54) is 10.9 Å². The first-order valence-corrected chi connectivity index (χ1v) is 11.8. The fourth-order valence-electron chi connectivity index (χ4n) is 4.90. The van der Waals surface area contributed by atoms with Crippen LogP contribution in [0.1, 0.15) is 38.8 Å². The number of benzene rings is 3. The highest BCUT2D eigenvalue weighted by Gasteiger charge is 2.32. The summed E-state index contributed by atoms with van der Waals surface area (Å²) in [5.41, 5.74) is 7.44. The number of para-hydroxylation sites is 1. The summed E-state index contributed by atoms with van der Waals surface area (Å²) in [5.74, 6) is 0.139. The lowest BCUT2D eigenvalue weighted by molar-refractivity contribution is -0.122.